The van der Waals surface area contributed by atoms with E-state index >= 15 is 0 Å². The molecule has 0 saturated heterocycles. The van der Waals surface area contributed by atoms with Crippen molar-refractivity contribution in [1.29, 1.82) is 5.26 Å². The summed E-state index contributed by atoms with van der Waals surface area (Å²) < 4.78 is 0. The smallest absolute Gasteiger partial charge is 0.328 e. The average molecular weight is 256 g/mol. The van der Waals surface area contributed by atoms with Crippen molar-refractivity contribution < 1.29 is 9.90 Å². The van der Waals surface area contributed by atoms with Crippen LogP contribution in [-0.4, -0.2) is 17.1 Å². The first kappa shape index (κ1) is 13.2. The number of carbonyl (C=O) groups is 1. The van der Waals surface area contributed by atoms with E-state index in [4.69, 9.17) is 10.4 Å². The van der Waals surface area contributed by atoms with Gasteiger partial charge in [0.15, 0.2) is 0 Å². The lowest BCUT2D eigenvalue weighted by Gasteiger charge is -2.25. The fourth-order valence-electron chi connectivity index (χ4n) is 2.37. The van der Waals surface area contributed by atoms with Crippen molar-refractivity contribution in [3.63, 3.8) is 0 Å². The lowest BCUT2D eigenvalue weighted by molar-refractivity contribution is -0.131. The first-order valence-corrected chi connectivity index (χ1v) is 6.36. The normalized spacial score (nSPS) is 18.5. The van der Waals surface area contributed by atoms with Crippen molar-refractivity contribution in [1.82, 2.24) is 0 Å². The topological polar surface area (TPSA) is 73.1 Å². The summed E-state index contributed by atoms with van der Waals surface area (Å²) in [7, 11) is 0. The third-order valence-corrected chi connectivity index (χ3v) is 3.32. The molecule has 4 nitrogen and oxygen atoms in total. The summed E-state index contributed by atoms with van der Waals surface area (Å²) >= 11 is 0. The Labute approximate surface area is 112 Å². The number of nitrogens with zero attached hydrogens (tertiary/aromatic N) is 1. The van der Waals surface area contributed by atoms with Crippen molar-refractivity contribution in [3.8, 4) is 6.07 Å². The molecule has 0 spiro atoms. The van der Waals surface area contributed by atoms with Crippen LogP contribution in [0.3, 0.4) is 0 Å². The number of carboxylic acids is 1. The molecular formula is C15H16N2O2. The Hall–Kier alpha value is -2.28. The van der Waals surface area contributed by atoms with Gasteiger partial charge in [0.2, 0.25) is 0 Å². The zero-order valence-electron chi connectivity index (χ0n) is 10.6. The third-order valence-electron chi connectivity index (χ3n) is 3.32. The highest BCUT2D eigenvalue weighted by atomic mass is 16.4. The van der Waals surface area contributed by atoms with E-state index in [1.54, 1.807) is 6.07 Å². The summed E-state index contributed by atoms with van der Waals surface area (Å²) in [5, 5.41) is 21.0. The second-order valence-electron chi connectivity index (χ2n) is 4.75. The van der Waals surface area contributed by atoms with E-state index in [9.17, 15) is 4.79 Å². The molecule has 0 radical (unpaired) electrons. The molecule has 2 rings (SSSR count). The maximum absolute atomic E-state index is 10.6. The van der Waals surface area contributed by atoms with E-state index in [1.807, 2.05) is 18.2 Å². The van der Waals surface area contributed by atoms with Crippen molar-refractivity contribution >= 4 is 11.7 Å². The average Bonchev–Trinajstić information content (AvgIpc) is 2.41. The van der Waals surface area contributed by atoms with Crippen LogP contribution in [0.1, 0.15) is 31.2 Å². The van der Waals surface area contributed by atoms with Crippen molar-refractivity contribution in [2.75, 3.05) is 5.32 Å². The maximum Gasteiger partial charge on any atom is 0.328 e. The first-order chi connectivity index (χ1) is 9.17. The monoisotopic (exact) mass is 256 g/mol. The Morgan fingerprint density at radius 1 is 1.42 bits per heavy atom. The SMILES string of the molecule is N#Cc1cccc(NC2CCC(=CC(=O)O)CC2)c1. The summed E-state index contributed by atoms with van der Waals surface area (Å²) in [6.07, 6.45) is 4.82. The molecule has 0 bridgehead atoms. The van der Waals surface area contributed by atoms with Crippen molar-refractivity contribution in [2.45, 2.75) is 31.7 Å². The fourth-order valence-corrected chi connectivity index (χ4v) is 2.37. The van der Waals surface area contributed by atoms with E-state index < -0.39 is 5.97 Å². The number of carboxylic acid groups (broad SMARTS) is 1. The van der Waals surface area contributed by atoms with Crippen LogP contribution in [-0.2, 0) is 4.79 Å². The number of allylic oxidation sites excluding steroid dienone is 1. The number of anilines is 1. The predicted octanol–water partition coefficient (Wildman–Crippen LogP) is 2.92. The minimum atomic E-state index is -0.858. The largest absolute Gasteiger partial charge is 0.478 e. The van der Waals surface area contributed by atoms with Crippen LogP contribution in [0.25, 0.3) is 0 Å². The van der Waals surface area contributed by atoms with Gasteiger partial charge in [-0.25, -0.2) is 4.79 Å². The Morgan fingerprint density at radius 2 is 2.16 bits per heavy atom. The number of benzene rings is 1. The van der Waals surface area contributed by atoms with Crippen LogP contribution in [0.15, 0.2) is 35.9 Å². The zero-order valence-corrected chi connectivity index (χ0v) is 10.6. The lowest BCUT2D eigenvalue weighted by Crippen LogP contribution is -2.23. The molecule has 1 aromatic carbocycles. The van der Waals surface area contributed by atoms with E-state index in [-0.39, 0.29) is 0 Å². The predicted molar refractivity (Wildman–Crippen MR) is 72.8 cm³/mol. The summed E-state index contributed by atoms with van der Waals surface area (Å²) in [5.74, 6) is -0.858. The third kappa shape index (κ3) is 3.85. The van der Waals surface area contributed by atoms with E-state index in [1.165, 1.54) is 6.08 Å². The summed E-state index contributed by atoms with van der Waals surface area (Å²) in [6.45, 7) is 0. The summed E-state index contributed by atoms with van der Waals surface area (Å²) in [4.78, 5) is 10.6. The van der Waals surface area contributed by atoms with Crippen LogP contribution in [0.4, 0.5) is 5.69 Å². The number of aliphatic carboxylic acids is 1. The Balaban J connectivity index is 1.92. The van der Waals surface area contributed by atoms with Gasteiger partial charge in [-0.3, -0.25) is 0 Å². The molecule has 1 aliphatic carbocycles. The second-order valence-corrected chi connectivity index (χ2v) is 4.75. The quantitative estimate of drug-likeness (QED) is 0.815. The van der Waals surface area contributed by atoms with Gasteiger partial charge in [-0.2, -0.15) is 5.26 Å². The number of rotatable bonds is 3. The highest BCUT2D eigenvalue weighted by molar-refractivity contribution is 5.80. The fraction of sp³-hybridized carbons (Fsp3) is 0.333. The molecule has 98 valence electrons. The Kier molecular flexibility index (Phi) is 4.19. The van der Waals surface area contributed by atoms with Crippen LogP contribution in [0.2, 0.25) is 0 Å². The number of hydrogen-bond acceptors (Lipinski definition) is 3. The second kappa shape index (κ2) is 6.05. The van der Waals surface area contributed by atoms with Crippen molar-refractivity contribution in [2.24, 2.45) is 0 Å². The minimum absolute atomic E-state index is 0.347. The molecular weight excluding hydrogens is 240 g/mol. The van der Waals surface area contributed by atoms with Crippen LogP contribution >= 0.6 is 0 Å². The number of nitriles is 1. The van der Waals surface area contributed by atoms with Gasteiger partial charge in [-0.15, -0.1) is 0 Å². The molecule has 1 saturated carbocycles. The van der Waals surface area contributed by atoms with Gasteiger partial charge in [0, 0.05) is 17.8 Å². The zero-order chi connectivity index (χ0) is 13.7. The molecule has 0 atom stereocenters. The molecule has 19 heavy (non-hydrogen) atoms. The Morgan fingerprint density at radius 3 is 2.79 bits per heavy atom. The van der Waals surface area contributed by atoms with Gasteiger partial charge in [0.25, 0.3) is 0 Å². The van der Waals surface area contributed by atoms with Gasteiger partial charge in [0.1, 0.15) is 0 Å². The van der Waals surface area contributed by atoms with Gasteiger partial charge in [-0.1, -0.05) is 11.6 Å². The molecule has 1 aliphatic rings. The van der Waals surface area contributed by atoms with Gasteiger partial charge in [0.05, 0.1) is 11.6 Å². The molecule has 2 N–H and O–H groups in total. The van der Waals surface area contributed by atoms with Crippen molar-refractivity contribution in [3.05, 3.63) is 41.5 Å². The Bertz CT molecular complexity index is 533. The molecule has 4 heteroatoms. The summed E-state index contributed by atoms with van der Waals surface area (Å²) in [5.41, 5.74) is 2.61. The summed E-state index contributed by atoms with van der Waals surface area (Å²) in [6, 6.07) is 9.89. The van der Waals surface area contributed by atoms with Gasteiger partial charge >= 0.3 is 5.97 Å². The highest BCUT2D eigenvalue weighted by Gasteiger charge is 2.17. The highest BCUT2D eigenvalue weighted by Crippen LogP contribution is 2.26. The number of hydrogen-bond donors (Lipinski definition) is 2. The molecule has 0 amide bonds. The van der Waals surface area contributed by atoms with E-state index in [2.05, 4.69) is 11.4 Å². The van der Waals surface area contributed by atoms with Crippen LogP contribution in [0.5, 0.6) is 0 Å². The van der Waals surface area contributed by atoms with E-state index in [0.717, 1.165) is 36.9 Å². The maximum atomic E-state index is 10.6. The standard InChI is InChI=1S/C15H16N2O2/c16-10-12-2-1-3-14(8-12)17-13-6-4-11(5-7-13)9-15(18)19/h1-3,8-9,13,17H,4-7H2,(H,18,19). The number of nitrogens with one attached hydrogen (secondary N) is 1. The molecule has 1 fully saturated rings. The lowest BCUT2D eigenvalue weighted by atomic mass is 9.90. The van der Waals surface area contributed by atoms with Gasteiger partial charge < -0.3 is 10.4 Å². The minimum Gasteiger partial charge on any atom is -0.478 e. The van der Waals surface area contributed by atoms with E-state index in [0.29, 0.717) is 11.6 Å². The molecule has 0 unspecified atom stereocenters. The molecule has 1 aromatic rings. The van der Waals surface area contributed by atoms with Gasteiger partial charge in [-0.05, 0) is 43.9 Å². The molecule has 0 heterocycles. The molecule has 0 aliphatic heterocycles. The first-order valence-electron chi connectivity index (χ1n) is 6.36. The van der Waals surface area contributed by atoms with Crippen LogP contribution in [0, 0.1) is 11.3 Å². The van der Waals surface area contributed by atoms with Crippen LogP contribution < -0.4 is 5.32 Å². The molecule has 0 aromatic heterocycles.